The maximum Gasteiger partial charge on any atom is 0.273 e. The summed E-state index contributed by atoms with van der Waals surface area (Å²) in [6.45, 7) is 2.25. The minimum absolute atomic E-state index is 0. The summed E-state index contributed by atoms with van der Waals surface area (Å²) >= 11 is 5.66. The molecule has 0 radical (unpaired) electrons. The molecule has 0 aliphatic heterocycles. The van der Waals surface area contributed by atoms with E-state index in [1.54, 1.807) is 0 Å². The maximum atomic E-state index is 11.7. The molecule has 1 atom stereocenters. The first-order valence-corrected chi connectivity index (χ1v) is 5.45. The van der Waals surface area contributed by atoms with Gasteiger partial charge in [-0.1, -0.05) is 18.5 Å². The summed E-state index contributed by atoms with van der Waals surface area (Å²) in [6.07, 6.45) is 0.754. The van der Waals surface area contributed by atoms with Crippen LogP contribution in [0.5, 0.6) is 0 Å². The Balaban J connectivity index is 0.00000289. The SMILES string of the molecule is CC[C@@H](N)CNC(=O)c1nc(Cl)c(N)nc1N.Cl. The van der Waals surface area contributed by atoms with Gasteiger partial charge in [-0.15, -0.1) is 12.4 Å². The number of nitrogens with two attached hydrogens (primary N) is 3. The molecule has 0 unspecified atom stereocenters. The van der Waals surface area contributed by atoms with Crippen molar-refractivity contribution in [2.24, 2.45) is 5.73 Å². The second-order valence-electron chi connectivity index (χ2n) is 3.51. The molecule has 0 aliphatic rings. The second-order valence-corrected chi connectivity index (χ2v) is 3.87. The Morgan fingerprint density at radius 3 is 2.56 bits per heavy atom. The van der Waals surface area contributed by atoms with Gasteiger partial charge in [0.2, 0.25) is 0 Å². The van der Waals surface area contributed by atoms with E-state index in [4.69, 9.17) is 28.8 Å². The van der Waals surface area contributed by atoms with Gasteiger partial charge in [0.05, 0.1) is 0 Å². The highest BCUT2D eigenvalue weighted by molar-refractivity contribution is 6.31. The van der Waals surface area contributed by atoms with Crippen LogP contribution in [0.15, 0.2) is 0 Å². The fourth-order valence-electron chi connectivity index (χ4n) is 1.06. The van der Waals surface area contributed by atoms with E-state index < -0.39 is 5.91 Å². The molecule has 7 N–H and O–H groups in total. The molecule has 0 spiro atoms. The van der Waals surface area contributed by atoms with Gasteiger partial charge in [-0.05, 0) is 6.42 Å². The van der Waals surface area contributed by atoms with Crippen LogP contribution in [-0.2, 0) is 0 Å². The van der Waals surface area contributed by atoms with Crippen molar-refractivity contribution in [3.8, 4) is 0 Å². The Bertz CT molecular complexity index is 428. The van der Waals surface area contributed by atoms with E-state index in [0.717, 1.165) is 6.42 Å². The average molecular weight is 295 g/mol. The Hall–Kier alpha value is -1.31. The molecular weight excluding hydrogens is 279 g/mol. The highest BCUT2D eigenvalue weighted by Crippen LogP contribution is 2.17. The van der Waals surface area contributed by atoms with Crippen molar-refractivity contribution in [1.29, 1.82) is 0 Å². The third-order valence-electron chi connectivity index (χ3n) is 2.17. The lowest BCUT2D eigenvalue weighted by atomic mass is 10.2. The minimum Gasteiger partial charge on any atom is -0.382 e. The van der Waals surface area contributed by atoms with Gasteiger partial charge in [-0.25, -0.2) is 9.97 Å². The molecule has 1 heterocycles. The Kier molecular flexibility index (Phi) is 6.67. The lowest BCUT2D eigenvalue weighted by molar-refractivity contribution is 0.0946. The minimum atomic E-state index is -0.471. The maximum absolute atomic E-state index is 11.7. The van der Waals surface area contributed by atoms with Crippen molar-refractivity contribution >= 4 is 41.6 Å². The first-order chi connectivity index (χ1) is 7.95. The lowest BCUT2D eigenvalue weighted by Gasteiger charge is -2.11. The number of aromatic nitrogens is 2. The zero-order chi connectivity index (χ0) is 13.0. The standard InChI is InChI=1S/C9H15ClN6O.ClH/c1-2-4(11)3-14-9(17)5-7(12)16-8(13)6(10)15-5;/h4H,2-3,11H2,1H3,(H,14,17)(H4,12,13,16);1H/t4-;/m1./s1. The van der Waals surface area contributed by atoms with Crippen molar-refractivity contribution in [3.05, 3.63) is 10.8 Å². The van der Waals surface area contributed by atoms with Crippen molar-refractivity contribution in [1.82, 2.24) is 15.3 Å². The molecule has 9 heteroatoms. The van der Waals surface area contributed by atoms with Crippen LogP contribution in [0.1, 0.15) is 23.8 Å². The third-order valence-corrected chi connectivity index (χ3v) is 2.45. The number of carbonyl (C=O) groups is 1. The average Bonchev–Trinajstić information content (AvgIpc) is 2.30. The van der Waals surface area contributed by atoms with E-state index >= 15 is 0 Å². The number of nitrogens with zero attached hydrogens (tertiary/aromatic N) is 2. The van der Waals surface area contributed by atoms with Gasteiger partial charge in [0, 0.05) is 12.6 Å². The summed E-state index contributed by atoms with van der Waals surface area (Å²) < 4.78 is 0. The summed E-state index contributed by atoms with van der Waals surface area (Å²) in [5.41, 5.74) is 16.5. The third kappa shape index (κ3) is 4.17. The number of rotatable bonds is 4. The molecule has 1 amide bonds. The van der Waals surface area contributed by atoms with E-state index in [2.05, 4.69) is 15.3 Å². The fraction of sp³-hybridized carbons (Fsp3) is 0.444. The number of halogens is 2. The van der Waals surface area contributed by atoms with Crippen LogP contribution in [0.3, 0.4) is 0 Å². The summed E-state index contributed by atoms with van der Waals surface area (Å²) in [6, 6.07) is -0.114. The molecule has 0 saturated heterocycles. The normalized spacial score (nSPS) is 11.5. The monoisotopic (exact) mass is 294 g/mol. The second kappa shape index (κ2) is 7.20. The number of hydrogen-bond acceptors (Lipinski definition) is 6. The van der Waals surface area contributed by atoms with Crippen LogP contribution in [0.25, 0.3) is 0 Å². The smallest absolute Gasteiger partial charge is 0.273 e. The highest BCUT2D eigenvalue weighted by Gasteiger charge is 2.16. The van der Waals surface area contributed by atoms with Gasteiger partial charge in [0.1, 0.15) is 0 Å². The Morgan fingerprint density at radius 2 is 2.00 bits per heavy atom. The lowest BCUT2D eigenvalue weighted by Crippen LogP contribution is -2.37. The molecule has 1 aromatic rings. The highest BCUT2D eigenvalue weighted by atomic mass is 35.5. The van der Waals surface area contributed by atoms with Gasteiger partial charge in [0.25, 0.3) is 5.91 Å². The number of nitrogen functional groups attached to an aromatic ring is 2. The number of hydrogen-bond donors (Lipinski definition) is 4. The van der Waals surface area contributed by atoms with Crippen LogP contribution in [0, 0.1) is 0 Å². The van der Waals surface area contributed by atoms with Crippen molar-refractivity contribution < 1.29 is 4.79 Å². The molecule has 7 nitrogen and oxygen atoms in total. The van der Waals surface area contributed by atoms with Gasteiger partial charge >= 0.3 is 0 Å². The summed E-state index contributed by atoms with van der Waals surface area (Å²) in [5, 5.41) is 2.54. The molecular formula is C9H16Cl2N6O. The fourth-order valence-corrected chi connectivity index (χ4v) is 1.19. The number of nitrogens with one attached hydrogen (secondary N) is 1. The zero-order valence-electron chi connectivity index (χ0n) is 9.81. The predicted octanol–water partition coefficient (Wildman–Crippen LogP) is 0.183. The Morgan fingerprint density at radius 1 is 1.39 bits per heavy atom. The molecule has 0 aliphatic carbocycles. The summed E-state index contributed by atoms with van der Waals surface area (Å²) in [5.74, 6) is -0.541. The molecule has 1 rings (SSSR count). The van der Waals surface area contributed by atoms with Crippen LogP contribution >= 0.6 is 24.0 Å². The topological polar surface area (TPSA) is 133 Å². The van der Waals surface area contributed by atoms with Gasteiger partial charge < -0.3 is 22.5 Å². The summed E-state index contributed by atoms with van der Waals surface area (Å²) in [4.78, 5) is 19.2. The summed E-state index contributed by atoms with van der Waals surface area (Å²) in [7, 11) is 0. The van der Waals surface area contributed by atoms with E-state index in [1.165, 1.54) is 0 Å². The van der Waals surface area contributed by atoms with Crippen molar-refractivity contribution in [2.45, 2.75) is 19.4 Å². The largest absolute Gasteiger partial charge is 0.382 e. The molecule has 0 saturated carbocycles. The number of amides is 1. The Labute approximate surface area is 116 Å². The number of carbonyl (C=O) groups excluding carboxylic acids is 1. The first kappa shape index (κ1) is 16.7. The molecule has 1 aromatic heterocycles. The quantitative estimate of drug-likeness (QED) is 0.626. The zero-order valence-corrected chi connectivity index (χ0v) is 11.4. The van der Waals surface area contributed by atoms with E-state index in [1.807, 2.05) is 6.92 Å². The van der Waals surface area contributed by atoms with Crippen LogP contribution in [0.2, 0.25) is 5.15 Å². The molecule has 102 valence electrons. The first-order valence-electron chi connectivity index (χ1n) is 5.08. The van der Waals surface area contributed by atoms with Crippen LogP contribution in [-0.4, -0.2) is 28.5 Å². The van der Waals surface area contributed by atoms with Gasteiger partial charge in [-0.2, -0.15) is 0 Å². The van der Waals surface area contributed by atoms with E-state index in [-0.39, 0.29) is 40.9 Å². The number of anilines is 2. The van der Waals surface area contributed by atoms with Gasteiger partial charge in [0.15, 0.2) is 22.5 Å². The van der Waals surface area contributed by atoms with Gasteiger partial charge in [-0.3, -0.25) is 4.79 Å². The van der Waals surface area contributed by atoms with Crippen molar-refractivity contribution in [3.63, 3.8) is 0 Å². The molecule has 0 bridgehead atoms. The van der Waals surface area contributed by atoms with Crippen LogP contribution < -0.4 is 22.5 Å². The van der Waals surface area contributed by atoms with Crippen LogP contribution in [0.4, 0.5) is 11.6 Å². The predicted molar refractivity (Wildman–Crippen MR) is 73.7 cm³/mol. The van der Waals surface area contributed by atoms with E-state index in [0.29, 0.717) is 6.54 Å². The van der Waals surface area contributed by atoms with E-state index in [9.17, 15) is 4.79 Å². The molecule has 18 heavy (non-hydrogen) atoms. The van der Waals surface area contributed by atoms with Crippen molar-refractivity contribution in [2.75, 3.05) is 18.0 Å². The molecule has 0 aromatic carbocycles. The molecule has 0 fully saturated rings.